The second-order valence-electron chi connectivity index (χ2n) is 8.26. The highest BCUT2D eigenvalue weighted by molar-refractivity contribution is 5.85. The number of ketones is 1. The fourth-order valence-corrected chi connectivity index (χ4v) is 6.32. The Morgan fingerprint density at radius 1 is 1.11 bits per heavy atom. The van der Waals surface area contributed by atoms with Gasteiger partial charge in [0.05, 0.1) is 0 Å². The number of carbonyl (C=O) groups is 1. The molecule has 4 rings (SSSR count). The molecule has 2 unspecified atom stereocenters. The maximum absolute atomic E-state index is 12.8. The Labute approximate surface area is 117 Å². The Morgan fingerprint density at radius 2 is 1.74 bits per heavy atom. The summed E-state index contributed by atoms with van der Waals surface area (Å²) in [6, 6.07) is 0. The third kappa shape index (κ3) is 2.14. The van der Waals surface area contributed by atoms with E-state index < -0.39 is 0 Å². The maximum atomic E-state index is 12.8. The van der Waals surface area contributed by atoms with Gasteiger partial charge in [0, 0.05) is 18.3 Å². The lowest BCUT2D eigenvalue weighted by Gasteiger charge is -2.64. The lowest BCUT2D eigenvalue weighted by Crippen LogP contribution is -2.57. The average Bonchev–Trinajstić information content (AvgIpc) is 2.24. The van der Waals surface area contributed by atoms with Gasteiger partial charge in [0.1, 0.15) is 5.78 Å². The quantitative estimate of drug-likeness (QED) is 0.688. The molecule has 4 bridgehead atoms. The zero-order valence-electron chi connectivity index (χ0n) is 12.6. The molecule has 0 aromatic rings. The Hall–Kier alpha value is -0.770. The summed E-state index contributed by atoms with van der Waals surface area (Å²) in [5, 5.41) is 0. The predicted octanol–water partition coefficient (Wildman–Crippen LogP) is 4.36. The smallest absolute Gasteiger partial charge is 0.140 e. The standard InChI is InChI=1S/C18H26O/c1-4-5-6-7-15(19)18-10-14-8-16(2,12-18)11-17(3,9-14)13-18/h14H,6-13H2,1-3H3. The van der Waals surface area contributed by atoms with Gasteiger partial charge in [-0.3, -0.25) is 4.79 Å². The Balaban J connectivity index is 1.83. The molecular weight excluding hydrogens is 232 g/mol. The van der Waals surface area contributed by atoms with Crippen LogP contribution in [0.2, 0.25) is 0 Å². The highest BCUT2D eigenvalue weighted by atomic mass is 16.1. The molecule has 19 heavy (non-hydrogen) atoms. The van der Waals surface area contributed by atoms with E-state index in [9.17, 15) is 4.79 Å². The van der Waals surface area contributed by atoms with E-state index in [1.807, 2.05) is 6.92 Å². The van der Waals surface area contributed by atoms with Crippen LogP contribution in [0, 0.1) is 34.0 Å². The van der Waals surface area contributed by atoms with E-state index >= 15 is 0 Å². The minimum absolute atomic E-state index is 0.0261. The molecule has 0 spiro atoms. The predicted molar refractivity (Wildman–Crippen MR) is 77.5 cm³/mol. The van der Waals surface area contributed by atoms with E-state index in [1.54, 1.807) is 0 Å². The molecule has 0 aliphatic heterocycles. The minimum atomic E-state index is 0.0261. The third-order valence-corrected chi connectivity index (χ3v) is 5.87. The molecule has 1 nitrogen and oxygen atoms in total. The number of Topliss-reactive ketones (excluding diaryl/α,β-unsaturated/α-hetero) is 1. The van der Waals surface area contributed by atoms with Crippen molar-refractivity contribution >= 4 is 5.78 Å². The van der Waals surface area contributed by atoms with Gasteiger partial charge in [-0.15, -0.1) is 11.8 Å². The zero-order chi connectivity index (χ0) is 13.7. The van der Waals surface area contributed by atoms with E-state index in [0.717, 1.165) is 25.2 Å². The van der Waals surface area contributed by atoms with E-state index in [-0.39, 0.29) is 5.41 Å². The molecule has 2 atom stereocenters. The fraction of sp³-hybridized carbons (Fsp3) is 0.833. The van der Waals surface area contributed by atoms with E-state index in [1.165, 1.54) is 25.7 Å². The first-order chi connectivity index (χ1) is 8.89. The summed E-state index contributed by atoms with van der Waals surface area (Å²) in [6.07, 6.45) is 9.01. The molecule has 4 aliphatic rings. The van der Waals surface area contributed by atoms with Gasteiger partial charge in [-0.05, 0) is 62.2 Å². The molecule has 4 aliphatic carbocycles. The van der Waals surface area contributed by atoms with Crippen LogP contribution < -0.4 is 0 Å². The molecule has 4 fully saturated rings. The van der Waals surface area contributed by atoms with Crippen molar-refractivity contribution < 1.29 is 4.79 Å². The van der Waals surface area contributed by atoms with Crippen molar-refractivity contribution in [3.63, 3.8) is 0 Å². The lowest BCUT2D eigenvalue weighted by atomic mass is 9.39. The molecule has 104 valence electrons. The highest BCUT2D eigenvalue weighted by Gasteiger charge is 2.62. The summed E-state index contributed by atoms with van der Waals surface area (Å²) in [4.78, 5) is 12.8. The van der Waals surface area contributed by atoms with Crippen LogP contribution in [0.25, 0.3) is 0 Å². The largest absolute Gasteiger partial charge is 0.299 e. The van der Waals surface area contributed by atoms with Crippen LogP contribution in [0.5, 0.6) is 0 Å². The Kier molecular flexibility index (Phi) is 2.86. The van der Waals surface area contributed by atoms with Crippen LogP contribution in [0.15, 0.2) is 0 Å². The number of hydrogen-bond donors (Lipinski definition) is 0. The summed E-state index contributed by atoms with van der Waals surface area (Å²) in [5.41, 5.74) is 0.916. The van der Waals surface area contributed by atoms with Crippen molar-refractivity contribution in [2.75, 3.05) is 0 Å². The van der Waals surface area contributed by atoms with Gasteiger partial charge in [0.2, 0.25) is 0 Å². The first-order valence-electron chi connectivity index (χ1n) is 7.82. The molecule has 4 saturated carbocycles. The van der Waals surface area contributed by atoms with Crippen molar-refractivity contribution in [2.45, 2.75) is 72.1 Å². The summed E-state index contributed by atoms with van der Waals surface area (Å²) in [7, 11) is 0. The number of hydrogen-bond acceptors (Lipinski definition) is 1. The minimum Gasteiger partial charge on any atom is -0.299 e. The molecule has 0 aromatic carbocycles. The van der Waals surface area contributed by atoms with Crippen molar-refractivity contribution in [2.24, 2.45) is 22.2 Å². The molecule has 0 heterocycles. The second-order valence-corrected chi connectivity index (χ2v) is 8.26. The zero-order valence-corrected chi connectivity index (χ0v) is 12.6. The monoisotopic (exact) mass is 258 g/mol. The van der Waals surface area contributed by atoms with Crippen molar-refractivity contribution in [1.82, 2.24) is 0 Å². The summed E-state index contributed by atoms with van der Waals surface area (Å²) in [6.45, 7) is 6.73. The summed E-state index contributed by atoms with van der Waals surface area (Å²) < 4.78 is 0. The first-order valence-corrected chi connectivity index (χ1v) is 7.82. The van der Waals surface area contributed by atoms with E-state index in [0.29, 0.717) is 23.0 Å². The number of carbonyl (C=O) groups excluding carboxylic acids is 1. The van der Waals surface area contributed by atoms with Crippen LogP contribution >= 0.6 is 0 Å². The summed E-state index contributed by atoms with van der Waals surface area (Å²) in [5.74, 6) is 7.31. The van der Waals surface area contributed by atoms with Crippen LogP contribution in [0.1, 0.15) is 72.1 Å². The highest BCUT2D eigenvalue weighted by Crippen LogP contribution is 2.69. The lowest BCUT2D eigenvalue weighted by molar-refractivity contribution is -0.168. The molecule has 1 heteroatoms. The van der Waals surface area contributed by atoms with Crippen LogP contribution in [-0.4, -0.2) is 5.78 Å². The van der Waals surface area contributed by atoms with Gasteiger partial charge in [0.25, 0.3) is 0 Å². The normalized spacial score (nSPS) is 46.8. The number of rotatable bonds is 3. The second kappa shape index (κ2) is 4.11. The first kappa shape index (κ1) is 13.2. The Morgan fingerprint density at radius 3 is 2.26 bits per heavy atom. The van der Waals surface area contributed by atoms with Crippen LogP contribution in [-0.2, 0) is 4.79 Å². The SMILES string of the molecule is CC#CCCC(=O)C12CC3CC(C)(CC(C)(C3)C1)C2. The third-order valence-electron chi connectivity index (χ3n) is 5.87. The van der Waals surface area contributed by atoms with Gasteiger partial charge in [0.15, 0.2) is 0 Å². The van der Waals surface area contributed by atoms with Crippen LogP contribution in [0.4, 0.5) is 0 Å². The maximum Gasteiger partial charge on any atom is 0.140 e. The van der Waals surface area contributed by atoms with Crippen molar-refractivity contribution in [1.29, 1.82) is 0 Å². The summed E-state index contributed by atoms with van der Waals surface area (Å²) >= 11 is 0. The molecule has 0 aromatic heterocycles. The van der Waals surface area contributed by atoms with Gasteiger partial charge >= 0.3 is 0 Å². The topological polar surface area (TPSA) is 17.1 Å². The van der Waals surface area contributed by atoms with E-state index in [4.69, 9.17) is 0 Å². The molecule has 0 radical (unpaired) electrons. The van der Waals surface area contributed by atoms with Gasteiger partial charge in [-0.2, -0.15) is 0 Å². The van der Waals surface area contributed by atoms with Crippen molar-refractivity contribution in [3.05, 3.63) is 0 Å². The van der Waals surface area contributed by atoms with Crippen LogP contribution in [0.3, 0.4) is 0 Å². The Bertz CT molecular complexity index is 446. The fourth-order valence-electron chi connectivity index (χ4n) is 6.32. The van der Waals surface area contributed by atoms with Gasteiger partial charge < -0.3 is 0 Å². The molecule has 0 saturated heterocycles. The van der Waals surface area contributed by atoms with Gasteiger partial charge in [-0.1, -0.05) is 13.8 Å². The van der Waals surface area contributed by atoms with Gasteiger partial charge in [-0.25, -0.2) is 0 Å². The average molecular weight is 258 g/mol. The van der Waals surface area contributed by atoms with E-state index in [2.05, 4.69) is 25.7 Å². The molecule has 0 amide bonds. The molecular formula is C18H26O. The molecule has 0 N–H and O–H groups in total. The van der Waals surface area contributed by atoms with Crippen molar-refractivity contribution in [3.8, 4) is 11.8 Å².